The van der Waals surface area contributed by atoms with Gasteiger partial charge in [0, 0.05) is 18.4 Å². The molecule has 0 fully saturated rings. The molecule has 0 heterocycles. The van der Waals surface area contributed by atoms with Crippen molar-refractivity contribution in [2.24, 2.45) is 0 Å². The SMILES string of the molecule is CCCCCCCCCOP(=O)(CC(=O)N(CC)CC)c1ccccc1. The molecule has 26 heavy (non-hydrogen) atoms. The first-order valence-corrected chi connectivity index (χ1v) is 11.9. The average Bonchev–Trinajstić information content (AvgIpc) is 2.65. The van der Waals surface area contributed by atoms with Crippen molar-refractivity contribution >= 4 is 18.6 Å². The monoisotopic (exact) mass is 381 g/mol. The molecule has 0 saturated carbocycles. The Bertz CT molecular complexity index is 543. The van der Waals surface area contributed by atoms with E-state index in [0.717, 1.165) is 12.8 Å². The fourth-order valence-corrected chi connectivity index (χ4v) is 5.02. The number of benzene rings is 1. The second-order valence-corrected chi connectivity index (χ2v) is 9.13. The summed E-state index contributed by atoms with van der Waals surface area (Å²) in [6.45, 7) is 7.80. The van der Waals surface area contributed by atoms with Crippen LogP contribution in [0, 0.1) is 0 Å². The highest BCUT2D eigenvalue weighted by molar-refractivity contribution is 7.67. The van der Waals surface area contributed by atoms with Crippen LogP contribution >= 0.6 is 7.37 Å². The minimum Gasteiger partial charge on any atom is -0.343 e. The van der Waals surface area contributed by atoms with E-state index < -0.39 is 7.37 Å². The summed E-state index contributed by atoms with van der Waals surface area (Å²) in [7, 11) is -3.17. The van der Waals surface area contributed by atoms with Gasteiger partial charge in [-0.3, -0.25) is 9.36 Å². The standard InChI is InChI=1S/C21H36NO3P/c1-4-7-8-9-10-11-15-18-25-26(24,20-16-13-12-14-17-20)19-21(23)22(5-2)6-3/h12-14,16-17H,4-11,15,18-19H2,1-3H3. The van der Waals surface area contributed by atoms with Gasteiger partial charge in [-0.05, 0) is 32.4 Å². The highest BCUT2D eigenvalue weighted by Gasteiger charge is 2.30. The maximum Gasteiger partial charge on any atom is 0.241 e. The fourth-order valence-electron chi connectivity index (χ4n) is 2.99. The van der Waals surface area contributed by atoms with E-state index in [2.05, 4.69) is 6.92 Å². The quantitative estimate of drug-likeness (QED) is 0.328. The lowest BCUT2D eigenvalue weighted by Gasteiger charge is -2.23. The largest absolute Gasteiger partial charge is 0.343 e. The minimum atomic E-state index is -3.17. The number of amides is 1. The number of carbonyl (C=O) groups excluding carboxylic acids is 1. The molecule has 5 heteroatoms. The van der Waals surface area contributed by atoms with Crippen LogP contribution in [-0.4, -0.2) is 36.7 Å². The summed E-state index contributed by atoms with van der Waals surface area (Å²) in [6, 6.07) is 9.19. The van der Waals surface area contributed by atoms with Crippen molar-refractivity contribution in [2.75, 3.05) is 25.9 Å². The van der Waals surface area contributed by atoms with E-state index in [1.807, 2.05) is 32.0 Å². The van der Waals surface area contributed by atoms with Crippen LogP contribution in [0.25, 0.3) is 0 Å². The van der Waals surface area contributed by atoms with Crippen LogP contribution < -0.4 is 5.30 Å². The van der Waals surface area contributed by atoms with Crippen molar-refractivity contribution in [1.82, 2.24) is 4.90 Å². The highest BCUT2D eigenvalue weighted by atomic mass is 31.2. The van der Waals surface area contributed by atoms with Gasteiger partial charge in [0.2, 0.25) is 13.3 Å². The first kappa shape index (κ1) is 22.9. The predicted molar refractivity (Wildman–Crippen MR) is 110 cm³/mol. The zero-order valence-electron chi connectivity index (χ0n) is 16.8. The van der Waals surface area contributed by atoms with Gasteiger partial charge in [0.1, 0.15) is 6.16 Å². The van der Waals surface area contributed by atoms with E-state index in [1.165, 1.54) is 32.1 Å². The summed E-state index contributed by atoms with van der Waals surface area (Å²) >= 11 is 0. The van der Waals surface area contributed by atoms with Crippen LogP contribution in [0.1, 0.15) is 65.7 Å². The Labute approximate surface area is 159 Å². The van der Waals surface area contributed by atoms with Crippen molar-refractivity contribution in [1.29, 1.82) is 0 Å². The van der Waals surface area contributed by atoms with Crippen molar-refractivity contribution < 1.29 is 13.9 Å². The van der Waals surface area contributed by atoms with Gasteiger partial charge in [-0.25, -0.2) is 0 Å². The molecule has 0 aliphatic heterocycles. The first-order valence-electron chi connectivity index (χ1n) is 10.1. The van der Waals surface area contributed by atoms with E-state index in [-0.39, 0.29) is 12.1 Å². The summed E-state index contributed by atoms with van der Waals surface area (Å²) in [6.07, 6.45) is 8.22. The Morgan fingerprint density at radius 1 is 0.923 bits per heavy atom. The van der Waals surface area contributed by atoms with Gasteiger partial charge >= 0.3 is 0 Å². The number of carbonyl (C=O) groups is 1. The van der Waals surface area contributed by atoms with Crippen molar-refractivity contribution in [3.8, 4) is 0 Å². The molecule has 1 amide bonds. The second-order valence-electron chi connectivity index (χ2n) is 6.69. The van der Waals surface area contributed by atoms with Gasteiger partial charge in [-0.2, -0.15) is 0 Å². The fraction of sp³-hybridized carbons (Fsp3) is 0.667. The minimum absolute atomic E-state index is 0.0464. The Hall–Kier alpha value is -1.12. The number of rotatable bonds is 14. The van der Waals surface area contributed by atoms with Crippen LogP contribution in [0.4, 0.5) is 0 Å². The molecule has 1 atom stereocenters. The summed E-state index contributed by atoms with van der Waals surface area (Å²) in [4.78, 5) is 14.2. The Morgan fingerprint density at radius 2 is 1.50 bits per heavy atom. The van der Waals surface area contributed by atoms with Gasteiger partial charge < -0.3 is 9.42 Å². The van der Waals surface area contributed by atoms with Crippen LogP contribution in [0.15, 0.2) is 30.3 Å². The molecule has 1 aromatic rings. The van der Waals surface area contributed by atoms with Crippen molar-refractivity contribution in [3.63, 3.8) is 0 Å². The molecule has 4 nitrogen and oxygen atoms in total. The number of hydrogen-bond donors (Lipinski definition) is 0. The molecule has 0 aromatic heterocycles. The molecule has 1 unspecified atom stereocenters. The molecule has 0 saturated heterocycles. The number of hydrogen-bond acceptors (Lipinski definition) is 3. The van der Waals surface area contributed by atoms with Gasteiger partial charge in [-0.1, -0.05) is 63.6 Å². The third kappa shape index (κ3) is 8.05. The molecule has 0 radical (unpaired) electrons. The molecule has 0 N–H and O–H groups in total. The van der Waals surface area contributed by atoms with Gasteiger partial charge in [0.25, 0.3) is 0 Å². The lowest BCUT2D eigenvalue weighted by Crippen LogP contribution is -2.34. The third-order valence-corrected chi connectivity index (χ3v) is 7.03. The maximum atomic E-state index is 13.5. The zero-order valence-corrected chi connectivity index (χ0v) is 17.7. The summed E-state index contributed by atoms with van der Waals surface area (Å²) in [5.41, 5.74) is 0. The van der Waals surface area contributed by atoms with Crippen molar-refractivity contribution in [3.05, 3.63) is 30.3 Å². The van der Waals surface area contributed by atoms with E-state index in [4.69, 9.17) is 4.52 Å². The Balaban J connectivity index is 2.60. The van der Waals surface area contributed by atoms with Gasteiger partial charge in [0.05, 0.1) is 6.61 Å². The second kappa shape index (κ2) is 13.1. The van der Waals surface area contributed by atoms with Gasteiger partial charge in [0.15, 0.2) is 0 Å². The molecule has 0 spiro atoms. The summed E-state index contributed by atoms with van der Waals surface area (Å²) < 4.78 is 19.3. The zero-order chi connectivity index (χ0) is 19.3. The third-order valence-electron chi connectivity index (χ3n) is 4.66. The highest BCUT2D eigenvalue weighted by Crippen LogP contribution is 2.46. The van der Waals surface area contributed by atoms with Crippen LogP contribution in [0.2, 0.25) is 0 Å². The molecule has 148 valence electrons. The normalized spacial score (nSPS) is 13.3. The van der Waals surface area contributed by atoms with E-state index in [9.17, 15) is 9.36 Å². The van der Waals surface area contributed by atoms with Gasteiger partial charge in [-0.15, -0.1) is 0 Å². The Kier molecular flexibility index (Phi) is 11.6. The lowest BCUT2D eigenvalue weighted by molar-refractivity contribution is -0.128. The smallest absolute Gasteiger partial charge is 0.241 e. The molecule has 0 aliphatic rings. The summed E-state index contributed by atoms with van der Waals surface area (Å²) in [5, 5.41) is 0.642. The lowest BCUT2D eigenvalue weighted by atomic mass is 10.1. The Morgan fingerprint density at radius 3 is 2.08 bits per heavy atom. The van der Waals surface area contributed by atoms with Crippen LogP contribution in [-0.2, 0) is 13.9 Å². The predicted octanol–water partition coefficient (Wildman–Crippen LogP) is 5.23. The molecule has 0 bridgehead atoms. The van der Waals surface area contributed by atoms with Crippen molar-refractivity contribution in [2.45, 2.75) is 65.7 Å². The molecule has 1 aromatic carbocycles. The number of nitrogens with zero attached hydrogens (tertiary/aromatic N) is 1. The van der Waals surface area contributed by atoms with E-state index >= 15 is 0 Å². The van der Waals surface area contributed by atoms with E-state index in [0.29, 0.717) is 25.0 Å². The average molecular weight is 381 g/mol. The molecule has 1 rings (SSSR count). The van der Waals surface area contributed by atoms with Crippen LogP contribution in [0.5, 0.6) is 0 Å². The molecular weight excluding hydrogens is 345 g/mol. The van der Waals surface area contributed by atoms with Crippen LogP contribution in [0.3, 0.4) is 0 Å². The topological polar surface area (TPSA) is 46.6 Å². The number of unbranched alkanes of at least 4 members (excludes halogenated alkanes) is 6. The summed E-state index contributed by atoms with van der Waals surface area (Å²) in [5.74, 6) is -0.0956. The molecular formula is C21H36NO3P. The first-order chi connectivity index (χ1) is 12.6. The van der Waals surface area contributed by atoms with E-state index in [1.54, 1.807) is 17.0 Å². The molecule has 0 aliphatic carbocycles. The maximum absolute atomic E-state index is 13.5.